The number of nitrogens with zero attached hydrogens (tertiary/aromatic N) is 1. The molecule has 4 nitrogen and oxygen atoms in total. The molecule has 120 valence electrons. The Kier molecular flexibility index (Phi) is 3.94. The topological polar surface area (TPSA) is 40.6 Å². The first-order valence-electron chi connectivity index (χ1n) is 7.78. The maximum Gasteiger partial charge on any atom is 0.514 e. The molecule has 0 amide bonds. The van der Waals surface area contributed by atoms with E-state index >= 15 is 0 Å². The molecular formula is C18H22BNO3. The van der Waals surface area contributed by atoms with Gasteiger partial charge in [0, 0.05) is 6.20 Å². The third kappa shape index (κ3) is 2.99. The Morgan fingerprint density at radius 2 is 1.61 bits per heavy atom. The molecule has 0 saturated carbocycles. The Labute approximate surface area is 137 Å². The van der Waals surface area contributed by atoms with Gasteiger partial charge in [-0.1, -0.05) is 12.1 Å². The fourth-order valence-electron chi connectivity index (χ4n) is 2.52. The highest BCUT2D eigenvalue weighted by molar-refractivity contribution is 6.61. The van der Waals surface area contributed by atoms with E-state index in [1.54, 1.807) is 13.3 Å². The molecule has 23 heavy (non-hydrogen) atoms. The van der Waals surface area contributed by atoms with Gasteiger partial charge in [-0.15, -0.1) is 0 Å². The van der Waals surface area contributed by atoms with Crippen LogP contribution in [-0.4, -0.2) is 30.4 Å². The summed E-state index contributed by atoms with van der Waals surface area (Å²) < 4.78 is 17.4. The van der Waals surface area contributed by atoms with Crippen molar-refractivity contribution < 1.29 is 14.0 Å². The minimum Gasteiger partial charge on any atom is -0.497 e. The van der Waals surface area contributed by atoms with Crippen LogP contribution in [0.2, 0.25) is 0 Å². The normalized spacial score (nSPS) is 18.9. The molecule has 0 spiro atoms. The van der Waals surface area contributed by atoms with Gasteiger partial charge in [-0.3, -0.25) is 4.98 Å². The summed E-state index contributed by atoms with van der Waals surface area (Å²) in [6.45, 7) is 8.16. The van der Waals surface area contributed by atoms with Crippen LogP contribution < -0.4 is 10.3 Å². The smallest absolute Gasteiger partial charge is 0.497 e. The number of ether oxygens (including phenoxy) is 1. The molecule has 0 aliphatic carbocycles. The SMILES string of the molecule is COc1cccc(-c2ccnc(B3OC(C)(C)C(C)(C)O3)c2)c1. The van der Waals surface area contributed by atoms with Crippen molar-refractivity contribution in [2.24, 2.45) is 0 Å². The monoisotopic (exact) mass is 311 g/mol. The Morgan fingerprint density at radius 1 is 0.957 bits per heavy atom. The summed E-state index contributed by atoms with van der Waals surface area (Å²) in [5, 5.41) is 0. The molecule has 3 rings (SSSR count). The lowest BCUT2D eigenvalue weighted by Gasteiger charge is -2.32. The van der Waals surface area contributed by atoms with Crippen LogP contribution in [-0.2, 0) is 9.31 Å². The predicted octanol–water partition coefficient (Wildman–Crippen LogP) is 3.06. The van der Waals surface area contributed by atoms with Crippen molar-refractivity contribution in [2.45, 2.75) is 38.9 Å². The van der Waals surface area contributed by atoms with Crippen LogP contribution in [0.25, 0.3) is 11.1 Å². The van der Waals surface area contributed by atoms with E-state index in [4.69, 9.17) is 14.0 Å². The summed E-state index contributed by atoms with van der Waals surface area (Å²) in [5.74, 6) is 0.830. The Morgan fingerprint density at radius 3 is 2.26 bits per heavy atom. The number of benzene rings is 1. The van der Waals surface area contributed by atoms with Gasteiger partial charge in [0.25, 0.3) is 0 Å². The molecule has 1 aromatic heterocycles. The fourth-order valence-corrected chi connectivity index (χ4v) is 2.52. The van der Waals surface area contributed by atoms with E-state index in [9.17, 15) is 0 Å². The van der Waals surface area contributed by atoms with Crippen molar-refractivity contribution in [3.63, 3.8) is 0 Å². The second-order valence-corrected chi connectivity index (χ2v) is 6.79. The molecular weight excluding hydrogens is 289 g/mol. The number of methoxy groups -OCH3 is 1. The Balaban J connectivity index is 1.92. The van der Waals surface area contributed by atoms with E-state index in [-0.39, 0.29) is 11.2 Å². The van der Waals surface area contributed by atoms with Crippen LogP contribution >= 0.6 is 0 Å². The number of hydrogen-bond acceptors (Lipinski definition) is 4. The van der Waals surface area contributed by atoms with Gasteiger partial charge in [0.2, 0.25) is 0 Å². The zero-order valence-corrected chi connectivity index (χ0v) is 14.3. The summed E-state index contributed by atoms with van der Waals surface area (Å²) in [6, 6.07) is 11.9. The molecule has 1 saturated heterocycles. The maximum atomic E-state index is 6.08. The van der Waals surface area contributed by atoms with Gasteiger partial charge in [0.1, 0.15) is 5.75 Å². The fraction of sp³-hybridized carbons (Fsp3) is 0.389. The van der Waals surface area contributed by atoms with Gasteiger partial charge in [-0.25, -0.2) is 0 Å². The highest BCUT2D eigenvalue weighted by atomic mass is 16.7. The van der Waals surface area contributed by atoms with Crippen LogP contribution in [0.5, 0.6) is 5.75 Å². The van der Waals surface area contributed by atoms with Crippen LogP contribution in [0.4, 0.5) is 0 Å². The number of aromatic nitrogens is 1. The minimum atomic E-state index is -0.453. The lowest BCUT2D eigenvalue weighted by molar-refractivity contribution is 0.00578. The number of rotatable bonds is 3. The van der Waals surface area contributed by atoms with Crippen LogP contribution in [0.15, 0.2) is 42.6 Å². The van der Waals surface area contributed by atoms with E-state index in [2.05, 4.69) is 4.98 Å². The summed E-state index contributed by atoms with van der Waals surface area (Å²) >= 11 is 0. The van der Waals surface area contributed by atoms with Crippen LogP contribution in [0, 0.1) is 0 Å². The molecule has 0 atom stereocenters. The molecule has 2 heterocycles. The van der Waals surface area contributed by atoms with Gasteiger partial charge in [-0.2, -0.15) is 0 Å². The van der Waals surface area contributed by atoms with Gasteiger partial charge in [0.05, 0.1) is 23.9 Å². The number of pyridine rings is 1. The maximum absolute atomic E-state index is 6.08. The standard InChI is InChI=1S/C18H22BNO3/c1-17(2)18(3,4)23-19(22-17)16-12-14(9-10-20-16)13-7-6-8-15(11-13)21-5/h6-12H,1-5H3. The van der Waals surface area contributed by atoms with Crippen LogP contribution in [0.1, 0.15) is 27.7 Å². The largest absolute Gasteiger partial charge is 0.514 e. The molecule has 2 aromatic rings. The first-order chi connectivity index (χ1) is 10.8. The summed E-state index contributed by atoms with van der Waals surface area (Å²) in [5.41, 5.74) is 2.17. The lowest BCUT2D eigenvalue weighted by atomic mass is 9.83. The van der Waals surface area contributed by atoms with E-state index < -0.39 is 7.12 Å². The summed E-state index contributed by atoms with van der Waals surface area (Å²) in [4.78, 5) is 4.44. The van der Waals surface area contributed by atoms with Crippen molar-refractivity contribution in [3.8, 4) is 16.9 Å². The third-order valence-electron chi connectivity index (χ3n) is 4.68. The summed E-state index contributed by atoms with van der Waals surface area (Å²) in [6.07, 6.45) is 1.79. The summed E-state index contributed by atoms with van der Waals surface area (Å²) in [7, 11) is 1.21. The Bertz CT molecular complexity index is 699. The molecule has 1 aliphatic heterocycles. The van der Waals surface area contributed by atoms with Gasteiger partial charge in [0.15, 0.2) is 0 Å². The molecule has 0 bridgehead atoms. The first-order valence-corrected chi connectivity index (χ1v) is 7.78. The predicted molar refractivity (Wildman–Crippen MR) is 91.9 cm³/mol. The van der Waals surface area contributed by atoms with Crippen molar-refractivity contribution in [1.29, 1.82) is 0 Å². The van der Waals surface area contributed by atoms with Gasteiger partial charge < -0.3 is 14.0 Å². The van der Waals surface area contributed by atoms with Crippen LogP contribution in [0.3, 0.4) is 0 Å². The average Bonchev–Trinajstić information content (AvgIpc) is 2.76. The van der Waals surface area contributed by atoms with E-state index in [0.29, 0.717) is 0 Å². The van der Waals surface area contributed by atoms with Crippen molar-refractivity contribution >= 4 is 12.7 Å². The molecule has 1 aliphatic rings. The van der Waals surface area contributed by atoms with E-state index in [1.165, 1.54) is 0 Å². The quantitative estimate of drug-likeness (QED) is 0.817. The molecule has 0 N–H and O–H groups in total. The molecule has 1 fully saturated rings. The van der Waals surface area contributed by atoms with Gasteiger partial charge >= 0.3 is 7.12 Å². The van der Waals surface area contributed by atoms with Gasteiger partial charge in [-0.05, 0) is 63.1 Å². The Hall–Kier alpha value is -1.85. The van der Waals surface area contributed by atoms with E-state index in [1.807, 2.05) is 64.1 Å². The highest BCUT2D eigenvalue weighted by Gasteiger charge is 2.52. The second kappa shape index (κ2) is 5.66. The van der Waals surface area contributed by atoms with E-state index in [0.717, 1.165) is 22.5 Å². The zero-order chi connectivity index (χ0) is 16.7. The van der Waals surface area contributed by atoms with Crippen molar-refractivity contribution in [2.75, 3.05) is 7.11 Å². The average molecular weight is 311 g/mol. The zero-order valence-electron chi connectivity index (χ0n) is 14.3. The molecule has 0 radical (unpaired) electrons. The van der Waals surface area contributed by atoms with Crippen molar-refractivity contribution in [3.05, 3.63) is 42.6 Å². The molecule has 0 unspecified atom stereocenters. The minimum absolute atomic E-state index is 0.370. The number of hydrogen-bond donors (Lipinski definition) is 0. The first kappa shape index (κ1) is 16.0. The second-order valence-electron chi connectivity index (χ2n) is 6.79. The molecule has 1 aromatic carbocycles. The highest BCUT2D eigenvalue weighted by Crippen LogP contribution is 2.36. The van der Waals surface area contributed by atoms with Crippen molar-refractivity contribution in [1.82, 2.24) is 4.98 Å². The third-order valence-corrected chi connectivity index (χ3v) is 4.68. The molecule has 5 heteroatoms. The lowest BCUT2D eigenvalue weighted by Crippen LogP contribution is -2.41.